The summed E-state index contributed by atoms with van der Waals surface area (Å²) < 4.78 is 1.14. The van der Waals surface area contributed by atoms with Gasteiger partial charge in [0.25, 0.3) is 5.91 Å². The van der Waals surface area contributed by atoms with Crippen LogP contribution in [0.4, 0.5) is 0 Å². The van der Waals surface area contributed by atoms with Gasteiger partial charge in [-0.15, -0.1) is 11.6 Å². The first-order chi connectivity index (χ1) is 9.20. The van der Waals surface area contributed by atoms with Crippen LogP contribution in [0.25, 0.3) is 0 Å². The van der Waals surface area contributed by atoms with Crippen LogP contribution in [0.3, 0.4) is 0 Å². The molecule has 0 heterocycles. The standard InChI is InChI=1S/C15H19ClINO/c16-9-12-3-1-2-4-13(12)10-18-15(19)11-5-7-14(17)8-6-11/h5-8,12-13H,1-4,9-10H2,(H,18,19). The lowest BCUT2D eigenvalue weighted by Gasteiger charge is -2.30. The fraction of sp³-hybridized carbons (Fsp3) is 0.533. The van der Waals surface area contributed by atoms with Crippen LogP contribution in [0.1, 0.15) is 36.0 Å². The number of amides is 1. The van der Waals surface area contributed by atoms with E-state index < -0.39 is 0 Å². The van der Waals surface area contributed by atoms with Crippen molar-refractivity contribution in [3.05, 3.63) is 33.4 Å². The molecule has 1 aromatic carbocycles. The lowest BCUT2D eigenvalue weighted by atomic mass is 9.80. The highest BCUT2D eigenvalue weighted by Crippen LogP contribution is 2.30. The zero-order valence-electron chi connectivity index (χ0n) is 10.9. The van der Waals surface area contributed by atoms with Crippen LogP contribution in [0, 0.1) is 15.4 Å². The summed E-state index contributed by atoms with van der Waals surface area (Å²) in [4.78, 5) is 12.0. The molecule has 0 aromatic heterocycles. The summed E-state index contributed by atoms with van der Waals surface area (Å²) in [5.74, 6) is 1.84. The van der Waals surface area contributed by atoms with E-state index in [9.17, 15) is 4.79 Å². The molecular formula is C15H19ClINO. The molecule has 1 saturated carbocycles. The number of alkyl halides is 1. The summed E-state index contributed by atoms with van der Waals surface area (Å²) in [6, 6.07) is 7.66. The molecule has 0 aliphatic heterocycles. The number of hydrogen-bond donors (Lipinski definition) is 1. The summed E-state index contributed by atoms with van der Waals surface area (Å²) in [5, 5.41) is 3.05. The monoisotopic (exact) mass is 391 g/mol. The first kappa shape index (κ1) is 15.1. The van der Waals surface area contributed by atoms with Gasteiger partial charge in [0.1, 0.15) is 0 Å². The topological polar surface area (TPSA) is 29.1 Å². The minimum Gasteiger partial charge on any atom is -0.352 e. The highest BCUT2D eigenvalue weighted by molar-refractivity contribution is 14.1. The van der Waals surface area contributed by atoms with Crippen molar-refractivity contribution in [2.75, 3.05) is 12.4 Å². The second-order valence-electron chi connectivity index (χ2n) is 5.18. The first-order valence-corrected chi connectivity index (χ1v) is 8.41. The summed E-state index contributed by atoms with van der Waals surface area (Å²) >= 11 is 8.25. The fourth-order valence-electron chi connectivity index (χ4n) is 2.68. The Hall–Kier alpha value is -0.290. The third-order valence-electron chi connectivity index (χ3n) is 3.90. The fourth-order valence-corrected chi connectivity index (χ4v) is 3.45. The zero-order valence-corrected chi connectivity index (χ0v) is 13.8. The van der Waals surface area contributed by atoms with Crippen LogP contribution >= 0.6 is 34.2 Å². The highest BCUT2D eigenvalue weighted by atomic mass is 127. The van der Waals surface area contributed by atoms with E-state index in [0.717, 1.165) is 15.7 Å². The van der Waals surface area contributed by atoms with Crippen molar-refractivity contribution in [3.8, 4) is 0 Å². The van der Waals surface area contributed by atoms with Crippen LogP contribution in [0.2, 0.25) is 0 Å². The number of halogens is 2. The molecule has 1 aromatic rings. The summed E-state index contributed by atoms with van der Waals surface area (Å²) in [6.07, 6.45) is 4.92. The number of nitrogens with one attached hydrogen (secondary N) is 1. The van der Waals surface area contributed by atoms with Gasteiger partial charge in [-0.25, -0.2) is 0 Å². The van der Waals surface area contributed by atoms with Crippen molar-refractivity contribution in [2.24, 2.45) is 11.8 Å². The normalized spacial score (nSPS) is 23.1. The maximum absolute atomic E-state index is 12.0. The van der Waals surface area contributed by atoms with Crippen LogP contribution in [0.5, 0.6) is 0 Å². The maximum atomic E-state index is 12.0. The van der Waals surface area contributed by atoms with E-state index >= 15 is 0 Å². The van der Waals surface area contributed by atoms with Crippen LogP contribution < -0.4 is 5.32 Å². The van der Waals surface area contributed by atoms with Gasteiger partial charge in [-0.1, -0.05) is 12.8 Å². The van der Waals surface area contributed by atoms with Gasteiger partial charge in [0.2, 0.25) is 0 Å². The van der Waals surface area contributed by atoms with Crippen molar-refractivity contribution >= 4 is 40.1 Å². The number of carbonyl (C=O) groups is 1. The van der Waals surface area contributed by atoms with Gasteiger partial charge in [-0.2, -0.15) is 0 Å². The predicted molar refractivity (Wildman–Crippen MR) is 87.7 cm³/mol. The van der Waals surface area contributed by atoms with Crippen molar-refractivity contribution in [3.63, 3.8) is 0 Å². The average molecular weight is 392 g/mol. The first-order valence-electron chi connectivity index (χ1n) is 6.80. The predicted octanol–water partition coefficient (Wildman–Crippen LogP) is 4.07. The number of benzene rings is 1. The molecule has 1 aliphatic rings. The Labute approximate surface area is 133 Å². The average Bonchev–Trinajstić information content (AvgIpc) is 2.45. The highest BCUT2D eigenvalue weighted by Gasteiger charge is 2.24. The van der Waals surface area contributed by atoms with Crippen molar-refractivity contribution in [1.29, 1.82) is 0 Å². The van der Waals surface area contributed by atoms with Crippen LogP contribution in [0.15, 0.2) is 24.3 Å². The van der Waals surface area contributed by atoms with E-state index in [4.69, 9.17) is 11.6 Å². The molecule has 0 radical (unpaired) electrons. The van der Waals surface area contributed by atoms with E-state index in [0.29, 0.717) is 17.7 Å². The van der Waals surface area contributed by atoms with Crippen molar-refractivity contribution in [1.82, 2.24) is 5.32 Å². The van der Waals surface area contributed by atoms with E-state index in [1.165, 1.54) is 25.7 Å². The Balaban J connectivity index is 1.87. The largest absolute Gasteiger partial charge is 0.352 e. The van der Waals surface area contributed by atoms with E-state index in [-0.39, 0.29) is 5.91 Å². The quantitative estimate of drug-likeness (QED) is 0.608. The summed E-state index contributed by atoms with van der Waals surface area (Å²) in [7, 11) is 0. The smallest absolute Gasteiger partial charge is 0.251 e. The van der Waals surface area contributed by atoms with Gasteiger partial charge in [0.15, 0.2) is 0 Å². The van der Waals surface area contributed by atoms with Crippen LogP contribution in [-0.4, -0.2) is 18.3 Å². The van der Waals surface area contributed by atoms with Gasteiger partial charge < -0.3 is 5.32 Å². The number of hydrogen-bond acceptors (Lipinski definition) is 1. The van der Waals surface area contributed by atoms with Crippen molar-refractivity contribution in [2.45, 2.75) is 25.7 Å². The summed E-state index contributed by atoms with van der Waals surface area (Å²) in [6.45, 7) is 0.752. The second-order valence-corrected chi connectivity index (χ2v) is 6.73. The van der Waals surface area contributed by atoms with E-state index in [1.54, 1.807) is 0 Å². The molecule has 2 atom stereocenters. The molecular weight excluding hydrogens is 373 g/mol. The lowest BCUT2D eigenvalue weighted by Crippen LogP contribution is -2.34. The Kier molecular flexibility index (Phi) is 5.95. The molecule has 104 valence electrons. The molecule has 1 fully saturated rings. The van der Waals surface area contributed by atoms with Gasteiger partial charge in [-0.05, 0) is 71.5 Å². The molecule has 0 saturated heterocycles. The molecule has 19 heavy (non-hydrogen) atoms. The lowest BCUT2D eigenvalue weighted by molar-refractivity contribution is 0.0936. The SMILES string of the molecule is O=C(NCC1CCCCC1CCl)c1ccc(I)cc1. The maximum Gasteiger partial charge on any atom is 0.251 e. The Bertz CT molecular complexity index is 421. The minimum atomic E-state index is 0.0234. The molecule has 4 heteroatoms. The molecule has 2 rings (SSSR count). The van der Waals surface area contributed by atoms with Gasteiger partial charge >= 0.3 is 0 Å². The van der Waals surface area contributed by atoms with Gasteiger partial charge in [-0.3, -0.25) is 4.79 Å². The van der Waals surface area contributed by atoms with Gasteiger partial charge in [0, 0.05) is 21.6 Å². The summed E-state index contributed by atoms with van der Waals surface area (Å²) in [5.41, 5.74) is 0.735. The molecule has 2 nitrogen and oxygen atoms in total. The Morgan fingerprint density at radius 3 is 2.47 bits per heavy atom. The molecule has 1 aliphatic carbocycles. The third-order valence-corrected chi connectivity index (χ3v) is 5.01. The van der Waals surface area contributed by atoms with E-state index in [1.807, 2.05) is 24.3 Å². The molecule has 0 bridgehead atoms. The zero-order chi connectivity index (χ0) is 13.7. The minimum absolute atomic E-state index is 0.0234. The Morgan fingerprint density at radius 1 is 1.21 bits per heavy atom. The Morgan fingerprint density at radius 2 is 1.84 bits per heavy atom. The molecule has 1 N–H and O–H groups in total. The van der Waals surface area contributed by atoms with Crippen LogP contribution in [-0.2, 0) is 0 Å². The number of carbonyl (C=O) groups excluding carboxylic acids is 1. The molecule has 0 spiro atoms. The van der Waals surface area contributed by atoms with Gasteiger partial charge in [0.05, 0.1) is 0 Å². The molecule has 1 amide bonds. The van der Waals surface area contributed by atoms with E-state index in [2.05, 4.69) is 27.9 Å². The number of rotatable bonds is 4. The third kappa shape index (κ3) is 4.35. The van der Waals surface area contributed by atoms with Crippen molar-refractivity contribution < 1.29 is 4.79 Å². The second kappa shape index (κ2) is 7.48. The molecule has 2 unspecified atom stereocenters.